The molecule has 0 fully saturated rings. The third-order valence-electron chi connectivity index (χ3n) is 2.09. The fourth-order valence-corrected chi connectivity index (χ4v) is 1.60. The Balaban J connectivity index is 2.24. The molecule has 1 N–H and O–H groups in total. The van der Waals surface area contributed by atoms with Crippen molar-refractivity contribution in [1.82, 2.24) is 9.97 Å². The second-order valence-corrected chi connectivity index (χ2v) is 3.87. The van der Waals surface area contributed by atoms with Crippen LogP contribution >= 0.6 is 11.6 Å². The smallest absolute Gasteiger partial charge is 0.224 e. The Bertz CT molecular complexity index is 511. The standard InChI is InChI=1S/C12H11ClN2O2/c1-8-14-11(13)6-12(15-8)17-10-4-2-3-9(5-10)7-16/h2-6,16H,7H2,1H3. The van der Waals surface area contributed by atoms with E-state index < -0.39 is 0 Å². The summed E-state index contributed by atoms with van der Waals surface area (Å²) < 4.78 is 5.54. The van der Waals surface area contributed by atoms with Crippen molar-refractivity contribution in [2.24, 2.45) is 0 Å². The molecule has 0 spiro atoms. The van der Waals surface area contributed by atoms with Gasteiger partial charge in [-0.15, -0.1) is 0 Å². The maximum Gasteiger partial charge on any atom is 0.224 e. The zero-order valence-electron chi connectivity index (χ0n) is 9.22. The van der Waals surface area contributed by atoms with Crippen LogP contribution in [0.15, 0.2) is 30.3 Å². The van der Waals surface area contributed by atoms with Crippen LogP contribution in [0.25, 0.3) is 0 Å². The van der Waals surface area contributed by atoms with E-state index in [1.54, 1.807) is 31.2 Å². The SMILES string of the molecule is Cc1nc(Cl)cc(Oc2cccc(CO)c2)n1. The summed E-state index contributed by atoms with van der Waals surface area (Å²) in [5.74, 6) is 1.54. The van der Waals surface area contributed by atoms with Crippen molar-refractivity contribution in [1.29, 1.82) is 0 Å². The van der Waals surface area contributed by atoms with E-state index in [9.17, 15) is 0 Å². The average Bonchev–Trinajstić information content (AvgIpc) is 2.28. The van der Waals surface area contributed by atoms with Gasteiger partial charge in [0, 0.05) is 6.07 Å². The van der Waals surface area contributed by atoms with Crippen LogP contribution in [0.1, 0.15) is 11.4 Å². The number of benzene rings is 1. The minimum atomic E-state index is -0.0270. The number of aromatic nitrogens is 2. The fraction of sp³-hybridized carbons (Fsp3) is 0.167. The summed E-state index contributed by atoms with van der Waals surface area (Å²) in [5, 5.41) is 9.35. The van der Waals surface area contributed by atoms with Crippen molar-refractivity contribution in [3.63, 3.8) is 0 Å². The van der Waals surface area contributed by atoms with E-state index in [-0.39, 0.29) is 6.61 Å². The summed E-state index contributed by atoms with van der Waals surface area (Å²) >= 11 is 5.80. The highest BCUT2D eigenvalue weighted by Crippen LogP contribution is 2.22. The zero-order chi connectivity index (χ0) is 12.3. The van der Waals surface area contributed by atoms with Crippen LogP contribution in [0.4, 0.5) is 0 Å². The van der Waals surface area contributed by atoms with Gasteiger partial charge < -0.3 is 9.84 Å². The normalized spacial score (nSPS) is 10.3. The van der Waals surface area contributed by atoms with Crippen LogP contribution in [0.2, 0.25) is 5.15 Å². The van der Waals surface area contributed by atoms with E-state index in [1.165, 1.54) is 0 Å². The molecule has 0 atom stereocenters. The highest BCUT2D eigenvalue weighted by atomic mass is 35.5. The average molecular weight is 251 g/mol. The summed E-state index contributed by atoms with van der Waals surface area (Å²) in [6.45, 7) is 1.71. The summed E-state index contributed by atoms with van der Waals surface area (Å²) in [7, 11) is 0. The van der Waals surface area contributed by atoms with Gasteiger partial charge in [0.2, 0.25) is 5.88 Å². The van der Waals surface area contributed by atoms with Crippen molar-refractivity contribution in [2.75, 3.05) is 0 Å². The molecule has 1 heterocycles. The van der Waals surface area contributed by atoms with Gasteiger partial charge in [-0.1, -0.05) is 23.7 Å². The lowest BCUT2D eigenvalue weighted by Gasteiger charge is -2.06. The van der Waals surface area contributed by atoms with Crippen LogP contribution in [0.5, 0.6) is 11.6 Å². The molecule has 0 aliphatic carbocycles. The van der Waals surface area contributed by atoms with Crippen LogP contribution in [-0.4, -0.2) is 15.1 Å². The first-order chi connectivity index (χ1) is 8.17. The molecule has 1 aromatic carbocycles. The Labute approximate surface area is 104 Å². The van der Waals surface area contributed by atoms with E-state index in [0.29, 0.717) is 22.6 Å². The summed E-state index contributed by atoms with van der Waals surface area (Å²) in [6.07, 6.45) is 0. The topological polar surface area (TPSA) is 55.2 Å². The monoisotopic (exact) mass is 250 g/mol. The molecule has 0 bridgehead atoms. The largest absolute Gasteiger partial charge is 0.439 e. The highest BCUT2D eigenvalue weighted by molar-refractivity contribution is 6.29. The van der Waals surface area contributed by atoms with Crippen LogP contribution < -0.4 is 4.74 Å². The quantitative estimate of drug-likeness (QED) is 0.851. The Morgan fingerprint density at radius 2 is 2.12 bits per heavy atom. The molecule has 1 aromatic heterocycles. The Hall–Kier alpha value is -1.65. The summed E-state index contributed by atoms with van der Waals surface area (Å²) in [4.78, 5) is 8.05. The van der Waals surface area contributed by atoms with Gasteiger partial charge in [0.25, 0.3) is 0 Å². The van der Waals surface area contributed by atoms with Gasteiger partial charge in [-0.05, 0) is 24.6 Å². The van der Waals surface area contributed by atoms with Gasteiger partial charge in [-0.3, -0.25) is 0 Å². The lowest BCUT2D eigenvalue weighted by atomic mass is 10.2. The van der Waals surface area contributed by atoms with Crippen LogP contribution in [0.3, 0.4) is 0 Å². The van der Waals surface area contributed by atoms with Crippen molar-refractivity contribution < 1.29 is 9.84 Å². The van der Waals surface area contributed by atoms with E-state index >= 15 is 0 Å². The predicted octanol–water partition coefficient (Wildman–Crippen LogP) is 2.72. The van der Waals surface area contributed by atoms with Crippen LogP contribution in [-0.2, 0) is 6.61 Å². The van der Waals surface area contributed by atoms with Gasteiger partial charge in [0.15, 0.2) is 0 Å². The van der Waals surface area contributed by atoms with Gasteiger partial charge in [0.05, 0.1) is 6.61 Å². The highest BCUT2D eigenvalue weighted by Gasteiger charge is 2.03. The number of ether oxygens (including phenoxy) is 1. The second kappa shape index (κ2) is 5.12. The number of aryl methyl sites for hydroxylation is 1. The summed E-state index contributed by atoms with van der Waals surface area (Å²) in [5.41, 5.74) is 0.777. The first-order valence-electron chi connectivity index (χ1n) is 5.06. The van der Waals surface area contributed by atoms with Crippen molar-refractivity contribution >= 4 is 11.6 Å². The minimum absolute atomic E-state index is 0.0270. The molecule has 2 rings (SSSR count). The molecule has 0 aliphatic rings. The molecule has 0 saturated carbocycles. The first-order valence-corrected chi connectivity index (χ1v) is 5.44. The van der Waals surface area contributed by atoms with Gasteiger partial charge >= 0.3 is 0 Å². The third kappa shape index (κ3) is 3.15. The van der Waals surface area contributed by atoms with Crippen LogP contribution in [0, 0.1) is 6.92 Å². The number of halogens is 1. The maximum absolute atomic E-state index is 9.01. The molecule has 0 radical (unpaired) electrons. The Kier molecular flexibility index (Phi) is 3.56. The van der Waals surface area contributed by atoms with Gasteiger partial charge in [-0.25, -0.2) is 4.98 Å². The molecular formula is C12H11ClN2O2. The lowest BCUT2D eigenvalue weighted by molar-refractivity contribution is 0.281. The number of hydrogen-bond acceptors (Lipinski definition) is 4. The molecule has 0 amide bonds. The molecule has 0 unspecified atom stereocenters. The number of hydrogen-bond donors (Lipinski definition) is 1. The molecule has 5 heteroatoms. The van der Waals surface area contributed by atoms with E-state index in [4.69, 9.17) is 21.4 Å². The number of nitrogens with zero attached hydrogens (tertiary/aromatic N) is 2. The molecule has 0 aliphatic heterocycles. The fourth-order valence-electron chi connectivity index (χ4n) is 1.39. The molecule has 2 aromatic rings. The maximum atomic E-state index is 9.01. The molecule has 0 saturated heterocycles. The molecule has 17 heavy (non-hydrogen) atoms. The van der Waals surface area contributed by atoms with Gasteiger partial charge in [-0.2, -0.15) is 4.98 Å². The number of rotatable bonds is 3. The zero-order valence-corrected chi connectivity index (χ0v) is 9.98. The number of aliphatic hydroxyl groups is 1. The Morgan fingerprint density at radius 3 is 2.82 bits per heavy atom. The molecule has 4 nitrogen and oxygen atoms in total. The van der Waals surface area contributed by atoms with E-state index in [1.807, 2.05) is 6.07 Å². The first kappa shape index (κ1) is 11.8. The predicted molar refractivity (Wildman–Crippen MR) is 64.2 cm³/mol. The Morgan fingerprint density at radius 1 is 1.29 bits per heavy atom. The van der Waals surface area contributed by atoms with E-state index in [0.717, 1.165) is 5.56 Å². The van der Waals surface area contributed by atoms with Crippen molar-refractivity contribution in [3.05, 3.63) is 46.9 Å². The third-order valence-corrected chi connectivity index (χ3v) is 2.28. The van der Waals surface area contributed by atoms with Crippen molar-refractivity contribution in [2.45, 2.75) is 13.5 Å². The summed E-state index contributed by atoms with van der Waals surface area (Å²) in [6, 6.07) is 8.68. The molecule has 88 valence electrons. The second-order valence-electron chi connectivity index (χ2n) is 3.48. The van der Waals surface area contributed by atoms with E-state index in [2.05, 4.69) is 9.97 Å². The lowest BCUT2D eigenvalue weighted by Crippen LogP contribution is -1.93. The molecular weight excluding hydrogens is 240 g/mol. The minimum Gasteiger partial charge on any atom is -0.439 e. The number of aliphatic hydroxyl groups excluding tert-OH is 1. The van der Waals surface area contributed by atoms with Gasteiger partial charge in [0.1, 0.15) is 16.7 Å². The van der Waals surface area contributed by atoms with Crippen molar-refractivity contribution in [3.8, 4) is 11.6 Å².